The van der Waals surface area contributed by atoms with Crippen LogP contribution in [0.1, 0.15) is 380 Å². The van der Waals surface area contributed by atoms with Crippen molar-refractivity contribution in [2.24, 2.45) is 0 Å². The third-order valence-electron chi connectivity index (χ3n) is 17.1. The van der Waals surface area contributed by atoms with E-state index in [0.29, 0.717) is 23.9 Å². The van der Waals surface area contributed by atoms with Crippen molar-refractivity contribution in [2.75, 3.05) is 47.5 Å². The fourth-order valence-electron chi connectivity index (χ4n) is 11.4. The number of quaternary nitrogens is 1. The van der Waals surface area contributed by atoms with Crippen LogP contribution in [-0.4, -0.2) is 74.9 Å². The summed E-state index contributed by atoms with van der Waals surface area (Å²) in [5.41, 5.74) is 0. The average Bonchev–Trinajstić information content (AvgIpc) is 3.56. The van der Waals surface area contributed by atoms with Crippen LogP contribution in [0.5, 0.6) is 0 Å². The number of nitrogens with zero attached hydrogens (tertiary/aromatic N) is 1. The maximum absolute atomic E-state index is 12.9. The predicted octanol–water partition coefficient (Wildman–Crippen LogP) is 24.8. The molecule has 0 bridgehead atoms. The van der Waals surface area contributed by atoms with Crippen molar-refractivity contribution >= 4 is 19.8 Å². The lowest BCUT2D eigenvalue weighted by molar-refractivity contribution is -0.870. The molecule has 1 N–H and O–H groups in total. The summed E-state index contributed by atoms with van der Waals surface area (Å²) in [4.78, 5) is 35.9. The van der Waals surface area contributed by atoms with Gasteiger partial charge in [-0.2, -0.15) is 0 Å². The minimum Gasteiger partial charge on any atom is -0.462 e. The van der Waals surface area contributed by atoms with Gasteiger partial charge in [-0.15, -0.1) is 0 Å². The zero-order valence-electron chi connectivity index (χ0n) is 58.5. The zero-order chi connectivity index (χ0) is 63.4. The summed E-state index contributed by atoms with van der Waals surface area (Å²) < 4.78 is 34.8. The Morgan fingerprint density at radius 2 is 0.655 bits per heavy atom. The molecule has 87 heavy (non-hydrogen) atoms. The Kier molecular flexibility index (Phi) is 66.7. The number of phosphoric ester groups is 1. The first-order chi connectivity index (χ1) is 42.5. The van der Waals surface area contributed by atoms with Crippen LogP contribution in [0.3, 0.4) is 0 Å². The Hall–Kier alpha value is -2.03. The maximum Gasteiger partial charge on any atom is 0.472 e. The number of phosphoric acid groups is 1. The van der Waals surface area contributed by atoms with Crippen LogP contribution in [0.15, 0.2) is 48.6 Å². The molecule has 0 aromatic heterocycles. The fraction of sp³-hybridized carbons (Fsp3) is 0.870. The highest BCUT2D eigenvalue weighted by molar-refractivity contribution is 7.47. The summed E-state index contributed by atoms with van der Waals surface area (Å²) in [6, 6.07) is 0. The highest BCUT2D eigenvalue weighted by atomic mass is 31.2. The van der Waals surface area contributed by atoms with Gasteiger partial charge in [0.1, 0.15) is 19.8 Å². The molecule has 2 unspecified atom stereocenters. The van der Waals surface area contributed by atoms with Crippen LogP contribution in [0.25, 0.3) is 0 Å². The second-order valence-corrected chi connectivity index (χ2v) is 28.5. The SMILES string of the molecule is CC/C=C\C/C=C\C/C=C\C/C=C\CCCCCCCCCCCCCCCCCCC(=O)OC(COC(=O)CCCCCCCCCCCCCCCCCCCCCCCCCCCCCCCCCCCC)COP(=O)(O)OCC[N+](C)(C)C. The number of esters is 2. The number of ether oxygens (including phenoxy) is 2. The van der Waals surface area contributed by atoms with Crippen molar-refractivity contribution in [3.8, 4) is 0 Å². The van der Waals surface area contributed by atoms with Gasteiger partial charge < -0.3 is 18.9 Å². The standard InChI is InChI=1S/C77H146NO8P/c1-6-8-10-12-14-16-18-20-22-24-26-28-30-32-34-36-37-38-39-40-42-43-45-47-49-51-53-55-57-59-61-63-65-67-69-76(79)83-73-75(74-85-87(81,82)84-72-71-78(3,4)5)86-77(80)70-68-66-64-62-60-58-56-54-52-50-48-46-44-41-35-33-31-29-27-25-23-21-19-17-15-13-11-9-7-2/h9,11,15,17,21,23,27,29,75H,6-8,10,12-14,16,18-20,22,24-26,28,30-74H2,1-5H3/p+1/b11-9-,17-15-,23-21-,29-27-. The molecule has 0 radical (unpaired) electrons. The van der Waals surface area contributed by atoms with E-state index >= 15 is 0 Å². The number of hydrogen-bond donors (Lipinski definition) is 1. The molecule has 0 aliphatic heterocycles. The molecule has 10 heteroatoms. The van der Waals surface area contributed by atoms with E-state index in [9.17, 15) is 19.0 Å². The van der Waals surface area contributed by atoms with E-state index in [1.165, 1.54) is 289 Å². The molecule has 0 heterocycles. The smallest absolute Gasteiger partial charge is 0.462 e. The summed E-state index contributed by atoms with van der Waals surface area (Å²) in [5, 5.41) is 0. The second-order valence-electron chi connectivity index (χ2n) is 27.0. The molecular formula is C77H147NO8P+. The molecule has 0 aromatic rings. The molecular weight excluding hydrogens is 1100 g/mol. The Bertz CT molecular complexity index is 1610. The van der Waals surface area contributed by atoms with Crippen LogP contribution in [0.4, 0.5) is 0 Å². The Morgan fingerprint density at radius 1 is 0.368 bits per heavy atom. The zero-order valence-corrected chi connectivity index (χ0v) is 59.4. The van der Waals surface area contributed by atoms with Gasteiger partial charge in [0.25, 0.3) is 0 Å². The average molecular weight is 1250 g/mol. The lowest BCUT2D eigenvalue weighted by atomic mass is 10.0. The third-order valence-corrected chi connectivity index (χ3v) is 18.1. The van der Waals surface area contributed by atoms with E-state index in [-0.39, 0.29) is 25.6 Å². The van der Waals surface area contributed by atoms with Crippen molar-refractivity contribution in [3.63, 3.8) is 0 Å². The molecule has 0 rings (SSSR count). The van der Waals surface area contributed by atoms with Gasteiger partial charge in [-0.05, 0) is 51.4 Å². The summed E-state index contributed by atoms with van der Waals surface area (Å²) in [6.45, 7) is 4.40. The first kappa shape index (κ1) is 85.0. The predicted molar refractivity (Wildman–Crippen MR) is 377 cm³/mol. The first-order valence-corrected chi connectivity index (χ1v) is 39.4. The number of rotatable bonds is 71. The van der Waals surface area contributed by atoms with Gasteiger partial charge in [0.2, 0.25) is 0 Å². The fourth-order valence-corrected chi connectivity index (χ4v) is 12.1. The van der Waals surface area contributed by atoms with E-state index in [1.807, 2.05) is 21.1 Å². The molecule has 0 aromatic carbocycles. The number of allylic oxidation sites excluding steroid dienone is 8. The molecule has 0 spiro atoms. The number of unbranched alkanes of at least 4 members (excludes halogenated alkanes) is 49. The summed E-state index contributed by atoms with van der Waals surface area (Å²) in [6.07, 6.45) is 89.6. The lowest BCUT2D eigenvalue weighted by Gasteiger charge is -2.24. The topological polar surface area (TPSA) is 108 Å². The largest absolute Gasteiger partial charge is 0.472 e. The quantitative estimate of drug-likeness (QED) is 0.0211. The minimum absolute atomic E-state index is 0.0338. The summed E-state index contributed by atoms with van der Waals surface area (Å²) in [7, 11) is 1.50. The van der Waals surface area contributed by atoms with E-state index < -0.39 is 26.5 Å². The van der Waals surface area contributed by atoms with E-state index in [4.69, 9.17) is 18.5 Å². The van der Waals surface area contributed by atoms with Gasteiger partial charge in [0.05, 0.1) is 27.7 Å². The molecule has 0 amide bonds. The van der Waals surface area contributed by atoms with Crippen molar-refractivity contribution in [2.45, 2.75) is 386 Å². The lowest BCUT2D eigenvalue weighted by Crippen LogP contribution is -2.37. The third kappa shape index (κ3) is 72.9. The maximum atomic E-state index is 12.9. The van der Waals surface area contributed by atoms with Crippen molar-refractivity contribution in [3.05, 3.63) is 48.6 Å². The van der Waals surface area contributed by atoms with Crippen LogP contribution < -0.4 is 0 Å². The van der Waals surface area contributed by atoms with Crippen LogP contribution in [0, 0.1) is 0 Å². The molecule has 2 atom stereocenters. The van der Waals surface area contributed by atoms with E-state index in [2.05, 4.69) is 62.5 Å². The Morgan fingerprint density at radius 3 is 0.977 bits per heavy atom. The highest BCUT2D eigenvalue weighted by Crippen LogP contribution is 2.43. The van der Waals surface area contributed by atoms with Crippen molar-refractivity contribution in [1.82, 2.24) is 0 Å². The normalized spacial score (nSPS) is 13.3. The van der Waals surface area contributed by atoms with Crippen molar-refractivity contribution < 1.29 is 42.1 Å². The van der Waals surface area contributed by atoms with Gasteiger partial charge in [0.15, 0.2) is 6.10 Å². The van der Waals surface area contributed by atoms with E-state index in [1.54, 1.807) is 0 Å². The second kappa shape index (κ2) is 68.3. The highest BCUT2D eigenvalue weighted by Gasteiger charge is 2.27. The Balaban J connectivity index is 3.94. The molecule has 9 nitrogen and oxygen atoms in total. The van der Waals surface area contributed by atoms with Gasteiger partial charge in [0, 0.05) is 12.8 Å². The first-order valence-electron chi connectivity index (χ1n) is 37.9. The number of carbonyl (C=O) groups is 2. The number of carbonyl (C=O) groups excluding carboxylic acids is 2. The number of likely N-dealkylation sites (N-methyl/N-ethyl adjacent to an activating group) is 1. The Labute approximate surface area is 541 Å². The summed E-state index contributed by atoms with van der Waals surface area (Å²) >= 11 is 0. The molecule has 512 valence electrons. The van der Waals surface area contributed by atoms with Gasteiger partial charge in [-0.1, -0.05) is 364 Å². The van der Waals surface area contributed by atoms with Crippen molar-refractivity contribution in [1.29, 1.82) is 0 Å². The monoisotopic (exact) mass is 1250 g/mol. The molecule has 0 saturated carbocycles. The summed E-state index contributed by atoms with van der Waals surface area (Å²) in [5.74, 6) is -0.776. The minimum atomic E-state index is -4.39. The van der Waals surface area contributed by atoms with Crippen LogP contribution in [0.2, 0.25) is 0 Å². The van der Waals surface area contributed by atoms with Crippen LogP contribution in [-0.2, 0) is 32.7 Å². The molecule has 0 aliphatic carbocycles. The van der Waals surface area contributed by atoms with E-state index in [0.717, 1.165) is 57.8 Å². The van der Waals surface area contributed by atoms with Gasteiger partial charge >= 0.3 is 19.8 Å². The molecule has 0 saturated heterocycles. The molecule has 0 aliphatic rings. The van der Waals surface area contributed by atoms with Gasteiger partial charge in [-0.25, -0.2) is 4.57 Å². The number of hydrogen-bond acceptors (Lipinski definition) is 7. The van der Waals surface area contributed by atoms with Gasteiger partial charge in [-0.3, -0.25) is 18.6 Å². The molecule has 0 fully saturated rings. The van der Waals surface area contributed by atoms with Crippen LogP contribution >= 0.6 is 7.82 Å².